The highest BCUT2D eigenvalue weighted by molar-refractivity contribution is 6.17. The third kappa shape index (κ3) is 4.12. The molecule has 1 aromatic rings. The number of halogens is 1. The summed E-state index contributed by atoms with van der Waals surface area (Å²) in [6.07, 6.45) is 7.44. The minimum atomic E-state index is 0.581. The van der Waals surface area contributed by atoms with Gasteiger partial charge in [-0.25, -0.2) is 4.98 Å². The molecular formula is C17H27ClN2. The van der Waals surface area contributed by atoms with E-state index in [0.717, 1.165) is 37.7 Å². The van der Waals surface area contributed by atoms with Crippen molar-refractivity contribution in [1.82, 2.24) is 4.98 Å². The largest absolute Gasteiger partial charge is 0.357 e. The van der Waals surface area contributed by atoms with Gasteiger partial charge in [-0.05, 0) is 49.3 Å². The summed E-state index contributed by atoms with van der Waals surface area (Å²) in [7, 11) is 0. The van der Waals surface area contributed by atoms with E-state index in [1.807, 2.05) is 0 Å². The van der Waals surface area contributed by atoms with Gasteiger partial charge in [0.15, 0.2) is 0 Å². The number of pyridine rings is 1. The first-order chi connectivity index (χ1) is 9.76. The highest BCUT2D eigenvalue weighted by Gasteiger charge is 2.17. The van der Waals surface area contributed by atoms with E-state index in [2.05, 4.69) is 30.9 Å². The van der Waals surface area contributed by atoms with Crippen LogP contribution in [-0.4, -0.2) is 18.1 Å². The van der Waals surface area contributed by atoms with Gasteiger partial charge in [-0.3, -0.25) is 0 Å². The van der Waals surface area contributed by atoms with Gasteiger partial charge >= 0.3 is 0 Å². The second-order valence-corrected chi connectivity index (χ2v) is 6.17. The average molecular weight is 295 g/mol. The number of nitrogens with zero attached hydrogens (tertiary/aromatic N) is 2. The van der Waals surface area contributed by atoms with E-state index in [4.69, 9.17) is 16.6 Å². The van der Waals surface area contributed by atoms with Crippen LogP contribution in [0.2, 0.25) is 0 Å². The van der Waals surface area contributed by atoms with Gasteiger partial charge in [0.2, 0.25) is 0 Å². The minimum absolute atomic E-state index is 0.581. The molecule has 0 saturated carbocycles. The predicted molar refractivity (Wildman–Crippen MR) is 87.6 cm³/mol. The first-order valence-electron chi connectivity index (χ1n) is 8.07. The summed E-state index contributed by atoms with van der Waals surface area (Å²) in [6, 6.07) is 4.34. The van der Waals surface area contributed by atoms with Gasteiger partial charge < -0.3 is 4.90 Å². The number of hydrogen-bond donors (Lipinski definition) is 0. The second kappa shape index (κ2) is 7.87. The molecule has 2 nitrogen and oxygen atoms in total. The van der Waals surface area contributed by atoms with Gasteiger partial charge in [-0.1, -0.05) is 26.7 Å². The van der Waals surface area contributed by atoms with Crippen molar-refractivity contribution in [1.29, 1.82) is 0 Å². The fourth-order valence-corrected chi connectivity index (χ4v) is 3.21. The summed E-state index contributed by atoms with van der Waals surface area (Å²) in [5.74, 6) is 2.62. The van der Waals surface area contributed by atoms with Crippen LogP contribution in [0.15, 0.2) is 12.1 Å². The molecule has 1 aliphatic rings. The second-order valence-electron chi connectivity index (χ2n) is 5.90. The standard InChI is InChI=1S/C17H27ClN2/c1-3-6-16-11-15(13-18)12-17(19-16)20-9-5-7-14(4-2)8-10-20/h11-12,14H,3-10,13H2,1-2H3. The Kier molecular flexibility index (Phi) is 6.15. The zero-order valence-corrected chi connectivity index (χ0v) is 13.6. The molecule has 0 spiro atoms. The van der Waals surface area contributed by atoms with Crippen molar-refractivity contribution >= 4 is 17.4 Å². The molecule has 0 aliphatic carbocycles. The van der Waals surface area contributed by atoms with Gasteiger partial charge in [0.1, 0.15) is 5.82 Å². The molecule has 0 N–H and O–H groups in total. The third-order valence-corrected chi connectivity index (χ3v) is 4.64. The SMILES string of the molecule is CCCc1cc(CCl)cc(N2CCCC(CC)CC2)n1. The summed E-state index contributed by atoms with van der Waals surface area (Å²) in [4.78, 5) is 7.32. The monoisotopic (exact) mass is 294 g/mol. The lowest BCUT2D eigenvalue weighted by Gasteiger charge is -2.23. The van der Waals surface area contributed by atoms with Crippen molar-refractivity contribution in [2.24, 2.45) is 5.92 Å². The quantitative estimate of drug-likeness (QED) is 0.726. The summed E-state index contributed by atoms with van der Waals surface area (Å²) in [5.41, 5.74) is 2.40. The van der Waals surface area contributed by atoms with Crippen molar-refractivity contribution < 1.29 is 0 Å². The average Bonchev–Trinajstić information content (AvgIpc) is 2.72. The molecule has 112 valence electrons. The molecule has 3 heteroatoms. The Hall–Kier alpha value is -0.760. The van der Waals surface area contributed by atoms with Crippen LogP contribution in [0, 0.1) is 5.92 Å². The highest BCUT2D eigenvalue weighted by Crippen LogP contribution is 2.25. The molecule has 0 amide bonds. The molecule has 1 unspecified atom stereocenters. The van der Waals surface area contributed by atoms with Crippen molar-refractivity contribution in [3.8, 4) is 0 Å². The summed E-state index contributed by atoms with van der Waals surface area (Å²) >= 11 is 6.04. The Balaban J connectivity index is 2.15. The topological polar surface area (TPSA) is 16.1 Å². The lowest BCUT2D eigenvalue weighted by molar-refractivity contribution is 0.459. The molecule has 1 aromatic heterocycles. The Morgan fingerprint density at radius 3 is 2.80 bits per heavy atom. The fraction of sp³-hybridized carbons (Fsp3) is 0.706. The van der Waals surface area contributed by atoms with Crippen molar-refractivity contribution in [2.75, 3.05) is 18.0 Å². The van der Waals surface area contributed by atoms with E-state index in [-0.39, 0.29) is 0 Å². The normalized spacial score (nSPS) is 19.9. The van der Waals surface area contributed by atoms with Crippen molar-refractivity contribution in [2.45, 2.75) is 58.3 Å². The van der Waals surface area contributed by atoms with Crippen LogP contribution in [0.1, 0.15) is 57.2 Å². The molecule has 2 heterocycles. The van der Waals surface area contributed by atoms with Gasteiger partial charge in [-0.15, -0.1) is 11.6 Å². The zero-order chi connectivity index (χ0) is 14.4. The maximum absolute atomic E-state index is 6.04. The maximum Gasteiger partial charge on any atom is 0.129 e. The van der Waals surface area contributed by atoms with Gasteiger partial charge in [0.25, 0.3) is 0 Å². The number of alkyl halides is 1. The molecule has 2 rings (SSSR count). The van der Waals surface area contributed by atoms with Crippen LogP contribution >= 0.6 is 11.6 Å². The van der Waals surface area contributed by atoms with E-state index < -0.39 is 0 Å². The number of rotatable bonds is 5. The van der Waals surface area contributed by atoms with Crippen molar-refractivity contribution in [3.63, 3.8) is 0 Å². The summed E-state index contributed by atoms with van der Waals surface area (Å²) in [6.45, 7) is 6.79. The lowest BCUT2D eigenvalue weighted by Crippen LogP contribution is -2.25. The van der Waals surface area contributed by atoms with Crippen LogP contribution in [0.3, 0.4) is 0 Å². The number of hydrogen-bond acceptors (Lipinski definition) is 2. The minimum Gasteiger partial charge on any atom is -0.357 e. The predicted octanol–water partition coefficient (Wildman–Crippen LogP) is 4.79. The van der Waals surface area contributed by atoms with E-state index >= 15 is 0 Å². The molecule has 1 fully saturated rings. The zero-order valence-electron chi connectivity index (χ0n) is 12.9. The van der Waals surface area contributed by atoms with Gasteiger partial charge in [-0.2, -0.15) is 0 Å². The van der Waals surface area contributed by atoms with Gasteiger partial charge in [0.05, 0.1) is 0 Å². The molecule has 0 bridgehead atoms. The lowest BCUT2D eigenvalue weighted by atomic mass is 9.98. The highest BCUT2D eigenvalue weighted by atomic mass is 35.5. The smallest absolute Gasteiger partial charge is 0.129 e. The maximum atomic E-state index is 6.04. The Labute approximate surface area is 128 Å². The van der Waals surface area contributed by atoms with Crippen LogP contribution in [0.25, 0.3) is 0 Å². The van der Waals surface area contributed by atoms with Gasteiger partial charge in [0, 0.05) is 24.7 Å². The third-order valence-electron chi connectivity index (χ3n) is 4.33. The van der Waals surface area contributed by atoms with Crippen LogP contribution in [-0.2, 0) is 12.3 Å². The Morgan fingerprint density at radius 2 is 2.10 bits per heavy atom. The number of aromatic nitrogens is 1. The van der Waals surface area contributed by atoms with E-state index in [9.17, 15) is 0 Å². The van der Waals surface area contributed by atoms with Crippen molar-refractivity contribution in [3.05, 3.63) is 23.4 Å². The summed E-state index contributed by atoms with van der Waals surface area (Å²) < 4.78 is 0. The first-order valence-corrected chi connectivity index (χ1v) is 8.61. The molecule has 1 saturated heterocycles. The molecule has 20 heavy (non-hydrogen) atoms. The molecular weight excluding hydrogens is 268 g/mol. The molecule has 0 radical (unpaired) electrons. The van der Waals surface area contributed by atoms with Crippen LogP contribution < -0.4 is 4.90 Å². The number of aryl methyl sites for hydroxylation is 1. The molecule has 1 atom stereocenters. The number of anilines is 1. The summed E-state index contributed by atoms with van der Waals surface area (Å²) in [5, 5.41) is 0. The van der Waals surface area contributed by atoms with Crippen LogP contribution in [0.4, 0.5) is 5.82 Å². The van der Waals surface area contributed by atoms with Crippen LogP contribution in [0.5, 0.6) is 0 Å². The first kappa shape index (κ1) is 15.6. The Bertz CT molecular complexity index is 419. The molecule has 0 aromatic carbocycles. The van der Waals surface area contributed by atoms with E-state index in [1.54, 1.807) is 0 Å². The Morgan fingerprint density at radius 1 is 1.25 bits per heavy atom. The van der Waals surface area contributed by atoms with E-state index in [1.165, 1.54) is 36.9 Å². The van der Waals surface area contributed by atoms with E-state index in [0.29, 0.717) is 5.88 Å². The fourth-order valence-electron chi connectivity index (χ4n) is 3.06. The molecule has 1 aliphatic heterocycles.